The van der Waals surface area contributed by atoms with E-state index in [1.165, 1.54) is 5.56 Å². The predicted molar refractivity (Wildman–Crippen MR) is 91.6 cm³/mol. The molecule has 0 fully saturated rings. The molecule has 3 heteroatoms. The van der Waals surface area contributed by atoms with E-state index in [2.05, 4.69) is 30.4 Å². The fourth-order valence-corrected chi connectivity index (χ4v) is 2.74. The number of unbranched alkanes of at least 4 members (excludes halogenated alkanes) is 1. The number of hydrogen-bond donors (Lipinski definition) is 2. The Morgan fingerprint density at radius 2 is 1.91 bits per heavy atom. The van der Waals surface area contributed by atoms with E-state index in [9.17, 15) is 5.11 Å². The van der Waals surface area contributed by atoms with E-state index in [0.29, 0.717) is 6.54 Å². The molecule has 3 rings (SSSR count). The zero-order chi connectivity index (χ0) is 15.4. The van der Waals surface area contributed by atoms with E-state index in [0.717, 1.165) is 41.1 Å². The molecule has 1 heterocycles. The predicted octanol–water partition coefficient (Wildman–Crippen LogP) is 3.99. The minimum absolute atomic E-state index is 0.441. The van der Waals surface area contributed by atoms with Gasteiger partial charge in [-0.05, 0) is 36.6 Å². The van der Waals surface area contributed by atoms with Gasteiger partial charge in [0.1, 0.15) is 6.23 Å². The van der Waals surface area contributed by atoms with Crippen LogP contribution in [0.5, 0.6) is 0 Å². The van der Waals surface area contributed by atoms with Crippen molar-refractivity contribution in [3.8, 4) is 0 Å². The quantitative estimate of drug-likeness (QED) is 0.534. The van der Waals surface area contributed by atoms with Crippen molar-refractivity contribution in [3.05, 3.63) is 54.1 Å². The molecule has 0 aliphatic rings. The molecule has 0 spiro atoms. The van der Waals surface area contributed by atoms with Crippen LogP contribution in [0.2, 0.25) is 0 Å². The third-order valence-corrected chi connectivity index (χ3v) is 4.01. The SMILES string of the molecule is CCCCC(O)NCc1cccc2nc3ccccc3cc12. The van der Waals surface area contributed by atoms with Gasteiger partial charge in [0, 0.05) is 17.3 Å². The topological polar surface area (TPSA) is 45.1 Å². The second kappa shape index (κ2) is 6.86. The number of nitrogens with one attached hydrogen (secondary N) is 1. The van der Waals surface area contributed by atoms with Crippen LogP contribution in [0.3, 0.4) is 0 Å². The lowest BCUT2D eigenvalue weighted by atomic mass is 10.1. The van der Waals surface area contributed by atoms with Gasteiger partial charge in [0.15, 0.2) is 0 Å². The van der Waals surface area contributed by atoms with E-state index in [1.54, 1.807) is 0 Å². The molecule has 0 aliphatic carbocycles. The molecule has 2 N–H and O–H groups in total. The molecule has 0 aliphatic heterocycles. The van der Waals surface area contributed by atoms with Crippen molar-refractivity contribution in [2.24, 2.45) is 0 Å². The van der Waals surface area contributed by atoms with Gasteiger partial charge in [-0.2, -0.15) is 0 Å². The molecule has 0 saturated heterocycles. The van der Waals surface area contributed by atoms with Gasteiger partial charge in [0.2, 0.25) is 0 Å². The van der Waals surface area contributed by atoms with Crippen LogP contribution in [0.1, 0.15) is 31.7 Å². The molecule has 1 unspecified atom stereocenters. The zero-order valence-electron chi connectivity index (χ0n) is 12.9. The first-order valence-corrected chi connectivity index (χ1v) is 7.97. The van der Waals surface area contributed by atoms with Crippen LogP contribution in [0.15, 0.2) is 48.5 Å². The van der Waals surface area contributed by atoms with Gasteiger partial charge < -0.3 is 5.11 Å². The fraction of sp³-hybridized carbons (Fsp3) is 0.316. The maximum Gasteiger partial charge on any atom is 0.105 e. The minimum atomic E-state index is -0.441. The Labute approximate surface area is 131 Å². The van der Waals surface area contributed by atoms with Crippen molar-refractivity contribution in [2.75, 3.05) is 0 Å². The van der Waals surface area contributed by atoms with Gasteiger partial charge in [0.25, 0.3) is 0 Å². The van der Waals surface area contributed by atoms with Gasteiger partial charge >= 0.3 is 0 Å². The smallest absolute Gasteiger partial charge is 0.105 e. The Balaban J connectivity index is 1.87. The molecule has 0 radical (unpaired) electrons. The van der Waals surface area contributed by atoms with Gasteiger partial charge in [-0.3, -0.25) is 5.32 Å². The number of hydrogen-bond acceptors (Lipinski definition) is 3. The second-order valence-electron chi connectivity index (χ2n) is 5.70. The highest BCUT2D eigenvalue weighted by Gasteiger charge is 2.07. The molecule has 0 amide bonds. The van der Waals surface area contributed by atoms with Crippen LogP contribution in [0, 0.1) is 0 Å². The summed E-state index contributed by atoms with van der Waals surface area (Å²) in [5.74, 6) is 0. The van der Waals surface area contributed by atoms with Gasteiger partial charge in [-0.15, -0.1) is 0 Å². The van der Waals surface area contributed by atoms with Gasteiger partial charge in [-0.25, -0.2) is 4.98 Å². The van der Waals surface area contributed by atoms with Crippen LogP contribution in [0.4, 0.5) is 0 Å². The number of aliphatic hydroxyl groups excluding tert-OH is 1. The largest absolute Gasteiger partial charge is 0.379 e. The summed E-state index contributed by atoms with van der Waals surface area (Å²) >= 11 is 0. The molecule has 0 saturated carbocycles. The first kappa shape index (κ1) is 14.9. The molecule has 1 atom stereocenters. The Morgan fingerprint density at radius 3 is 2.77 bits per heavy atom. The number of rotatable bonds is 6. The van der Waals surface area contributed by atoms with E-state index < -0.39 is 6.23 Å². The number of aliphatic hydroxyl groups is 1. The van der Waals surface area contributed by atoms with Crippen molar-refractivity contribution in [3.63, 3.8) is 0 Å². The number of pyridine rings is 1. The standard InChI is InChI=1S/C19H22N2O/c1-2-3-11-19(22)20-13-15-8-6-10-18-16(15)12-14-7-4-5-9-17(14)21-18/h4-10,12,19-20,22H,2-3,11,13H2,1H3. The normalized spacial score (nSPS) is 12.8. The lowest BCUT2D eigenvalue weighted by Crippen LogP contribution is -2.28. The minimum Gasteiger partial charge on any atom is -0.379 e. The van der Waals surface area contributed by atoms with E-state index >= 15 is 0 Å². The summed E-state index contributed by atoms with van der Waals surface area (Å²) in [7, 11) is 0. The molecular weight excluding hydrogens is 272 g/mol. The maximum absolute atomic E-state index is 9.96. The number of fused-ring (bicyclic) bond motifs is 2. The monoisotopic (exact) mass is 294 g/mol. The van der Waals surface area contributed by atoms with Crippen molar-refractivity contribution in [1.82, 2.24) is 10.3 Å². The summed E-state index contributed by atoms with van der Waals surface area (Å²) in [5.41, 5.74) is 3.19. The molecule has 2 aromatic carbocycles. The van der Waals surface area contributed by atoms with Gasteiger partial charge in [0.05, 0.1) is 11.0 Å². The molecule has 3 nitrogen and oxygen atoms in total. The fourth-order valence-electron chi connectivity index (χ4n) is 2.74. The van der Waals surface area contributed by atoms with E-state index in [1.807, 2.05) is 30.3 Å². The van der Waals surface area contributed by atoms with Crippen LogP contribution in [-0.4, -0.2) is 16.3 Å². The number of para-hydroxylation sites is 1. The number of nitrogens with zero attached hydrogens (tertiary/aromatic N) is 1. The summed E-state index contributed by atoms with van der Waals surface area (Å²) in [6.45, 7) is 2.79. The highest BCUT2D eigenvalue weighted by Crippen LogP contribution is 2.22. The third-order valence-electron chi connectivity index (χ3n) is 4.01. The Morgan fingerprint density at radius 1 is 1.09 bits per heavy atom. The van der Waals surface area contributed by atoms with Crippen molar-refractivity contribution < 1.29 is 5.11 Å². The lowest BCUT2D eigenvalue weighted by molar-refractivity contribution is 0.123. The summed E-state index contributed by atoms with van der Waals surface area (Å²) < 4.78 is 0. The first-order valence-electron chi connectivity index (χ1n) is 7.97. The van der Waals surface area contributed by atoms with Crippen LogP contribution >= 0.6 is 0 Å². The first-order chi connectivity index (χ1) is 10.8. The van der Waals surface area contributed by atoms with E-state index in [-0.39, 0.29) is 0 Å². The van der Waals surface area contributed by atoms with Crippen molar-refractivity contribution >= 4 is 21.8 Å². The molecule has 22 heavy (non-hydrogen) atoms. The van der Waals surface area contributed by atoms with E-state index in [4.69, 9.17) is 4.98 Å². The average molecular weight is 294 g/mol. The van der Waals surface area contributed by atoms with Crippen LogP contribution < -0.4 is 5.32 Å². The molecule has 114 valence electrons. The molecule has 3 aromatic rings. The maximum atomic E-state index is 9.96. The highest BCUT2D eigenvalue weighted by molar-refractivity contribution is 5.94. The Hall–Kier alpha value is -1.97. The van der Waals surface area contributed by atoms with Crippen molar-refractivity contribution in [2.45, 2.75) is 39.0 Å². The van der Waals surface area contributed by atoms with Crippen molar-refractivity contribution in [1.29, 1.82) is 0 Å². The van der Waals surface area contributed by atoms with Gasteiger partial charge in [-0.1, -0.05) is 43.7 Å². The summed E-state index contributed by atoms with van der Waals surface area (Å²) in [4.78, 5) is 4.72. The van der Waals surface area contributed by atoms with Crippen LogP contribution in [0.25, 0.3) is 21.8 Å². The summed E-state index contributed by atoms with van der Waals surface area (Å²) in [5, 5.41) is 15.5. The molecule has 0 bridgehead atoms. The lowest BCUT2D eigenvalue weighted by Gasteiger charge is -2.14. The van der Waals surface area contributed by atoms with Crippen LogP contribution in [-0.2, 0) is 6.54 Å². The molecular formula is C19H22N2O. The summed E-state index contributed by atoms with van der Waals surface area (Å²) in [6.07, 6.45) is 2.49. The zero-order valence-corrected chi connectivity index (χ0v) is 12.9. The molecule has 1 aromatic heterocycles. The third kappa shape index (κ3) is 3.26. The number of aromatic nitrogens is 1. The average Bonchev–Trinajstić information content (AvgIpc) is 2.56. The highest BCUT2D eigenvalue weighted by atomic mass is 16.3. The Bertz CT molecular complexity index is 770. The Kier molecular flexibility index (Phi) is 4.66. The summed E-state index contributed by atoms with van der Waals surface area (Å²) in [6, 6.07) is 16.5. The second-order valence-corrected chi connectivity index (χ2v) is 5.70. The number of benzene rings is 2.